The van der Waals surface area contributed by atoms with Gasteiger partial charge in [0.05, 0.1) is 12.0 Å². The third kappa shape index (κ3) is 2.90. The fourth-order valence-corrected chi connectivity index (χ4v) is 3.90. The largest absolute Gasteiger partial charge is 0.496 e. The van der Waals surface area contributed by atoms with Gasteiger partial charge in [-0.25, -0.2) is 0 Å². The molecule has 0 aromatic heterocycles. The first kappa shape index (κ1) is 13.1. The van der Waals surface area contributed by atoms with Gasteiger partial charge in [0.15, 0.2) is 0 Å². The Bertz CT molecular complexity index is 397. The van der Waals surface area contributed by atoms with Crippen molar-refractivity contribution in [2.45, 2.75) is 24.2 Å². The Balaban J connectivity index is 2.33. The molecule has 0 amide bonds. The fraction of sp³-hybridized carbons (Fsp3) is 0.538. The van der Waals surface area contributed by atoms with E-state index in [2.05, 4.69) is 0 Å². The van der Waals surface area contributed by atoms with Gasteiger partial charge in [-0.15, -0.1) is 11.8 Å². The molecule has 1 aromatic rings. The molecule has 1 heterocycles. The van der Waals surface area contributed by atoms with E-state index in [0.29, 0.717) is 5.92 Å². The molecule has 2 N–H and O–H groups in total. The first-order chi connectivity index (χ1) is 8.26. The van der Waals surface area contributed by atoms with Crippen LogP contribution in [0.4, 0.5) is 0 Å². The molecule has 1 aliphatic heterocycles. The van der Waals surface area contributed by atoms with Gasteiger partial charge < -0.3 is 10.5 Å². The van der Waals surface area contributed by atoms with Gasteiger partial charge in [0, 0.05) is 5.02 Å². The molecule has 94 valence electrons. The standard InChI is InChI=1S/C13H18ClNOS/c1-16-12-3-2-11(14)10-8-9(4-6-15)5-7-17-13(10)12/h2-3,9H,4-8,15H2,1H3. The lowest BCUT2D eigenvalue weighted by molar-refractivity contribution is 0.402. The van der Waals surface area contributed by atoms with E-state index < -0.39 is 0 Å². The minimum absolute atomic E-state index is 0.651. The van der Waals surface area contributed by atoms with Crippen molar-refractivity contribution in [3.8, 4) is 5.75 Å². The predicted molar refractivity (Wildman–Crippen MR) is 74.2 cm³/mol. The molecule has 0 spiro atoms. The molecule has 1 unspecified atom stereocenters. The lowest BCUT2D eigenvalue weighted by Crippen LogP contribution is -2.11. The normalized spacial score (nSPS) is 19.6. The lowest BCUT2D eigenvalue weighted by Gasteiger charge is -2.15. The molecule has 1 aliphatic rings. The van der Waals surface area contributed by atoms with Crippen LogP contribution in [0, 0.1) is 5.92 Å². The first-order valence-electron chi connectivity index (χ1n) is 5.94. The Morgan fingerprint density at radius 2 is 2.35 bits per heavy atom. The number of thioether (sulfide) groups is 1. The van der Waals surface area contributed by atoms with E-state index in [1.165, 1.54) is 16.9 Å². The maximum atomic E-state index is 6.31. The van der Waals surface area contributed by atoms with Gasteiger partial charge in [-0.1, -0.05) is 11.6 Å². The molecule has 0 radical (unpaired) electrons. The van der Waals surface area contributed by atoms with E-state index in [4.69, 9.17) is 22.1 Å². The van der Waals surface area contributed by atoms with Crippen LogP contribution in [0.5, 0.6) is 5.75 Å². The number of hydrogen-bond acceptors (Lipinski definition) is 3. The van der Waals surface area contributed by atoms with Crippen molar-refractivity contribution in [1.82, 2.24) is 0 Å². The lowest BCUT2D eigenvalue weighted by atomic mass is 9.94. The zero-order valence-electron chi connectivity index (χ0n) is 10.0. The second kappa shape index (κ2) is 5.98. The quantitative estimate of drug-likeness (QED) is 0.916. The van der Waals surface area contributed by atoms with Gasteiger partial charge in [0.1, 0.15) is 5.75 Å². The summed E-state index contributed by atoms with van der Waals surface area (Å²) in [6, 6.07) is 3.89. The maximum Gasteiger partial charge on any atom is 0.132 e. The van der Waals surface area contributed by atoms with Crippen LogP contribution in [-0.2, 0) is 6.42 Å². The Hall–Kier alpha value is -0.380. The van der Waals surface area contributed by atoms with E-state index >= 15 is 0 Å². The van der Waals surface area contributed by atoms with Crippen molar-refractivity contribution in [3.05, 3.63) is 22.7 Å². The summed E-state index contributed by atoms with van der Waals surface area (Å²) in [5, 5.41) is 0.859. The Morgan fingerprint density at radius 1 is 1.53 bits per heavy atom. The predicted octanol–water partition coefficient (Wildman–Crippen LogP) is 3.35. The first-order valence-corrected chi connectivity index (χ1v) is 7.30. The van der Waals surface area contributed by atoms with Crippen LogP contribution in [-0.4, -0.2) is 19.4 Å². The Morgan fingerprint density at radius 3 is 3.06 bits per heavy atom. The zero-order chi connectivity index (χ0) is 12.3. The van der Waals surface area contributed by atoms with Crippen LogP contribution in [0.25, 0.3) is 0 Å². The molecule has 1 aromatic carbocycles. The average molecular weight is 272 g/mol. The highest BCUT2D eigenvalue weighted by atomic mass is 35.5. The number of benzene rings is 1. The van der Waals surface area contributed by atoms with Crippen LogP contribution in [0.1, 0.15) is 18.4 Å². The number of nitrogens with two attached hydrogens (primary N) is 1. The number of rotatable bonds is 3. The fourth-order valence-electron chi connectivity index (χ4n) is 2.29. The second-order valence-electron chi connectivity index (χ2n) is 4.34. The zero-order valence-corrected chi connectivity index (χ0v) is 11.6. The summed E-state index contributed by atoms with van der Waals surface area (Å²) < 4.78 is 5.41. The third-order valence-corrected chi connectivity index (χ3v) is 4.76. The highest BCUT2D eigenvalue weighted by Gasteiger charge is 2.21. The van der Waals surface area contributed by atoms with Gasteiger partial charge in [-0.05, 0) is 55.2 Å². The molecular formula is C13H18ClNOS. The molecule has 17 heavy (non-hydrogen) atoms. The number of methoxy groups -OCH3 is 1. The molecule has 0 saturated heterocycles. The van der Waals surface area contributed by atoms with Crippen LogP contribution in [0.2, 0.25) is 5.02 Å². The van der Waals surface area contributed by atoms with Crippen LogP contribution >= 0.6 is 23.4 Å². The van der Waals surface area contributed by atoms with Crippen molar-refractivity contribution in [2.24, 2.45) is 11.7 Å². The monoisotopic (exact) mass is 271 g/mol. The Kier molecular flexibility index (Phi) is 4.60. The number of halogens is 1. The molecule has 0 aliphatic carbocycles. The van der Waals surface area contributed by atoms with Gasteiger partial charge in [0.2, 0.25) is 0 Å². The molecule has 4 heteroatoms. The smallest absolute Gasteiger partial charge is 0.132 e. The van der Waals surface area contributed by atoms with Gasteiger partial charge in [0.25, 0.3) is 0 Å². The summed E-state index contributed by atoms with van der Waals surface area (Å²) >= 11 is 8.16. The highest BCUT2D eigenvalue weighted by molar-refractivity contribution is 7.99. The van der Waals surface area contributed by atoms with Crippen LogP contribution < -0.4 is 10.5 Å². The minimum Gasteiger partial charge on any atom is -0.496 e. The summed E-state index contributed by atoms with van der Waals surface area (Å²) in [5.41, 5.74) is 6.90. The van der Waals surface area contributed by atoms with Crippen molar-refractivity contribution in [3.63, 3.8) is 0 Å². The average Bonchev–Trinajstić information content (AvgIpc) is 2.53. The number of fused-ring (bicyclic) bond motifs is 1. The summed E-state index contributed by atoms with van der Waals surface area (Å²) in [7, 11) is 1.71. The molecule has 2 rings (SSSR count). The van der Waals surface area contributed by atoms with Gasteiger partial charge >= 0.3 is 0 Å². The molecule has 1 atom stereocenters. The van der Waals surface area contributed by atoms with Crippen LogP contribution in [0.15, 0.2) is 17.0 Å². The second-order valence-corrected chi connectivity index (χ2v) is 5.85. The topological polar surface area (TPSA) is 35.2 Å². The van der Waals surface area contributed by atoms with E-state index in [9.17, 15) is 0 Å². The summed E-state index contributed by atoms with van der Waals surface area (Å²) in [4.78, 5) is 1.22. The SMILES string of the molecule is COc1ccc(Cl)c2c1SCCC(CCN)C2. The molecule has 0 saturated carbocycles. The summed E-state index contributed by atoms with van der Waals surface area (Å²) in [6.45, 7) is 0.756. The number of hydrogen-bond donors (Lipinski definition) is 1. The van der Waals surface area contributed by atoms with Crippen molar-refractivity contribution in [1.29, 1.82) is 0 Å². The molecule has 0 fully saturated rings. The van der Waals surface area contributed by atoms with Gasteiger partial charge in [-0.3, -0.25) is 0 Å². The van der Waals surface area contributed by atoms with Crippen molar-refractivity contribution in [2.75, 3.05) is 19.4 Å². The van der Waals surface area contributed by atoms with Crippen LogP contribution in [0.3, 0.4) is 0 Å². The minimum atomic E-state index is 0.651. The third-order valence-electron chi connectivity index (χ3n) is 3.23. The van der Waals surface area contributed by atoms with Crippen molar-refractivity contribution >= 4 is 23.4 Å². The summed E-state index contributed by atoms with van der Waals surface area (Å²) in [5.74, 6) is 2.72. The molecular weight excluding hydrogens is 254 g/mol. The van der Waals surface area contributed by atoms with E-state index in [1.54, 1.807) is 7.11 Å². The molecule has 2 nitrogen and oxygen atoms in total. The summed E-state index contributed by atoms with van der Waals surface area (Å²) in [6.07, 6.45) is 3.30. The van der Waals surface area contributed by atoms with E-state index in [-0.39, 0.29) is 0 Å². The van der Waals surface area contributed by atoms with Gasteiger partial charge in [-0.2, -0.15) is 0 Å². The number of ether oxygens (including phenoxy) is 1. The van der Waals surface area contributed by atoms with E-state index in [1.807, 2.05) is 23.9 Å². The van der Waals surface area contributed by atoms with E-state index in [0.717, 1.165) is 35.9 Å². The highest BCUT2D eigenvalue weighted by Crippen LogP contribution is 2.41. The maximum absolute atomic E-state index is 6.31. The molecule has 0 bridgehead atoms. The van der Waals surface area contributed by atoms with Crippen molar-refractivity contribution < 1.29 is 4.74 Å². The Labute approximate surface area is 112 Å².